The summed E-state index contributed by atoms with van der Waals surface area (Å²) < 4.78 is 12.7. The number of nitrogens with one attached hydrogen (secondary N) is 1. The molecule has 134 valence electrons. The molecule has 1 amide bonds. The van der Waals surface area contributed by atoms with Crippen LogP contribution in [0.4, 0.5) is 5.69 Å². The molecule has 25 heavy (non-hydrogen) atoms. The Morgan fingerprint density at radius 3 is 3.12 bits per heavy atom. The fraction of sp³-hybridized carbons (Fsp3) is 0.500. The number of nitrogens with zero attached hydrogens (tertiary/aromatic N) is 4. The predicted octanol–water partition coefficient (Wildman–Crippen LogP) is 2.23. The summed E-state index contributed by atoms with van der Waals surface area (Å²) in [6.07, 6.45) is 4.10. The van der Waals surface area contributed by atoms with E-state index >= 15 is 0 Å². The van der Waals surface area contributed by atoms with E-state index < -0.39 is 6.10 Å². The summed E-state index contributed by atoms with van der Waals surface area (Å²) in [7, 11) is 0. The minimum absolute atomic E-state index is 0.0655. The van der Waals surface area contributed by atoms with E-state index in [1.807, 2.05) is 0 Å². The SMILES string of the molecule is CC(OCC1CCCCO1)C(=O)Nc1cc(-n2cnnn2)ccc1Cl. The maximum absolute atomic E-state index is 12.4. The number of tetrazole rings is 1. The van der Waals surface area contributed by atoms with Crippen LogP contribution in [0.3, 0.4) is 0 Å². The average Bonchev–Trinajstić information content (AvgIpc) is 3.17. The lowest BCUT2D eigenvalue weighted by Crippen LogP contribution is -2.32. The Kier molecular flexibility index (Phi) is 5.95. The first-order chi connectivity index (χ1) is 12.1. The van der Waals surface area contributed by atoms with Gasteiger partial charge < -0.3 is 14.8 Å². The van der Waals surface area contributed by atoms with Gasteiger partial charge >= 0.3 is 0 Å². The summed E-state index contributed by atoms with van der Waals surface area (Å²) in [5, 5.41) is 14.2. The van der Waals surface area contributed by atoms with Gasteiger partial charge in [-0.15, -0.1) is 5.10 Å². The number of amides is 1. The van der Waals surface area contributed by atoms with Crippen molar-refractivity contribution in [2.24, 2.45) is 0 Å². The number of carbonyl (C=O) groups is 1. The lowest BCUT2D eigenvalue weighted by Gasteiger charge is -2.24. The Morgan fingerprint density at radius 2 is 2.40 bits per heavy atom. The number of halogens is 1. The molecule has 0 saturated carbocycles. The Bertz CT molecular complexity index is 704. The monoisotopic (exact) mass is 365 g/mol. The van der Waals surface area contributed by atoms with Gasteiger partial charge in [-0.1, -0.05) is 11.6 Å². The van der Waals surface area contributed by atoms with E-state index in [0.29, 0.717) is 23.0 Å². The highest BCUT2D eigenvalue weighted by Crippen LogP contribution is 2.25. The van der Waals surface area contributed by atoms with Crippen LogP contribution < -0.4 is 5.32 Å². The van der Waals surface area contributed by atoms with Gasteiger partial charge in [-0.2, -0.15) is 0 Å². The first-order valence-corrected chi connectivity index (χ1v) is 8.58. The quantitative estimate of drug-likeness (QED) is 0.844. The molecule has 0 aliphatic carbocycles. The maximum Gasteiger partial charge on any atom is 0.253 e. The molecule has 0 spiro atoms. The molecule has 0 bridgehead atoms. The third-order valence-corrected chi connectivity index (χ3v) is 4.33. The van der Waals surface area contributed by atoms with Crippen LogP contribution in [0.2, 0.25) is 5.02 Å². The lowest BCUT2D eigenvalue weighted by molar-refractivity contribution is -0.130. The maximum atomic E-state index is 12.4. The van der Waals surface area contributed by atoms with E-state index in [-0.39, 0.29) is 12.0 Å². The molecule has 1 fully saturated rings. The topological polar surface area (TPSA) is 91.2 Å². The van der Waals surface area contributed by atoms with Gasteiger partial charge in [0.1, 0.15) is 12.4 Å². The minimum atomic E-state index is -0.613. The van der Waals surface area contributed by atoms with Crippen molar-refractivity contribution in [3.63, 3.8) is 0 Å². The zero-order valence-corrected chi connectivity index (χ0v) is 14.6. The van der Waals surface area contributed by atoms with Crippen molar-refractivity contribution in [3.05, 3.63) is 29.5 Å². The second-order valence-electron chi connectivity index (χ2n) is 5.87. The largest absolute Gasteiger partial charge is 0.376 e. The van der Waals surface area contributed by atoms with Gasteiger partial charge in [-0.05, 0) is 54.8 Å². The van der Waals surface area contributed by atoms with Crippen LogP contribution in [0.15, 0.2) is 24.5 Å². The number of carbonyl (C=O) groups excluding carboxylic acids is 1. The normalized spacial score (nSPS) is 18.7. The Balaban J connectivity index is 1.58. The van der Waals surface area contributed by atoms with Crippen LogP contribution in [0.1, 0.15) is 26.2 Å². The number of hydrogen-bond donors (Lipinski definition) is 1. The van der Waals surface area contributed by atoms with Gasteiger partial charge in [0.25, 0.3) is 5.91 Å². The number of ether oxygens (including phenoxy) is 2. The third kappa shape index (κ3) is 4.75. The number of aromatic nitrogens is 4. The van der Waals surface area contributed by atoms with Crippen molar-refractivity contribution in [3.8, 4) is 5.69 Å². The van der Waals surface area contributed by atoms with Crippen LogP contribution in [0, 0.1) is 0 Å². The summed E-state index contributed by atoms with van der Waals surface area (Å²) in [6.45, 7) is 2.87. The van der Waals surface area contributed by atoms with Gasteiger partial charge in [0.05, 0.1) is 29.1 Å². The molecule has 1 aliphatic heterocycles. The molecule has 1 aromatic heterocycles. The van der Waals surface area contributed by atoms with Gasteiger partial charge in [0.15, 0.2) is 0 Å². The van der Waals surface area contributed by atoms with Crippen LogP contribution in [0.5, 0.6) is 0 Å². The number of rotatable bonds is 6. The van der Waals surface area contributed by atoms with Crippen molar-refractivity contribution in [2.75, 3.05) is 18.5 Å². The van der Waals surface area contributed by atoms with Crippen LogP contribution in [0.25, 0.3) is 5.69 Å². The zero-order chi connectivity index (χ0) is 17.6. The molecule has 3 rings (SSSR count). The highest BCUT2D eigenvalue weighted by Gasteiger charge is 2.19. The first kappa shape index (κ1) is 17.8. The number of anilines is 1. The number of hydrogen-bond acceptors (Lipinski definition) is 6. The van der Waals surface area contributed by atoms with Crippen molar-refractivity contribution in [1.82, 2.24) is 20.2 Å². The molecular weight excluding hydrogens is 346 g/mol. The fourth-order valence-electron chi connectivity index (χ4n) is 2.53. The molecule has 1 aliphatic rings. The van der Waals surface area contributed by atoms with Crippen LogP contribution in [-0.2, 0) is 14.3 Å². The second kappa shape index (κ2) is 8.37. The molecule has 9 heteroatoms. The predicted molar refractivity (Wildman–Crippen MR) is 91.8 cm³/mol. The Labute approximate surface area is 150 Å². The highest BCUT2D eigenvalue weighted by atomic mass is 35.5. The van der Waals surface area contributed by atoms with Gasteiger partial charge in [0.2, 0.25) is 0 Å². The standard InChI is InChI=1S/C16H20ClN5O3/c1-11(25-9-13-4-2-3-7-24-13)16(23)19-15-8-12(5-6-14(15)17)22-10-18-20-21-22/h5-6,8,10-11,13H,2-4,7,9H2,1H3,(H,19,23). The van der Waals surface area contributed by atoms with Crippen molar-refractivity contribution in [1.29, 1.82) is 0 Å². The van der Waals surface area contributed by atoms with E-state index in [2.05, 4.69) is 20.8 Å². The van der Waals surface area contributed by atoms with Crippen molar-refractivity contribution in [2.45, 2.75) is 38.4 Å². The average molecular weight is 366 g/mol. The number of benzene rings is 1. The molecule has 2 atom stereocenters. The van der Waals surface area contributed by atoms with Crippen molar-refractivity contribution < 1.29 is 14.3 Å². The molecule has 2 aromatic rings. The zero-order valence-electron chi connectivity index (χ0n) is 13.9. The van der Waals surface area contributed by atoms with Crippen molar-refractivity contribution >= 4 is 23.2 Å². The fourth-order valence-corrected chi connectivity index (χ4v) is 2.70. The highest BCUT2D eigenvalue weighted by molar-refractivity contribution is 6.33. The van der Waals surface area contributed by atoms with Gasteiger partial charge in [0, 0.05) is 6.61 Å². The van der Waals surface area contributed by atoms with E-state index in [9.17, 15) is 4.79 Å². The third-order valence-electron chi connectivity index (χ3n) is 4.00. The van der Waals surface area contributed by atoms with Gasteiger partial charge in [-0.3, -0.25) is 4.79 Å². The van der Waals surface area contributed by atoms with E-state index in [0.717, 1.165) is 25.9 Å². The molecule has 1 saturated heterocycles. The molecule has 1 aromatic carbocycles. The molecule has 2 heterocycles. The molecular formula is C16H20ClN5O3. The second-order valence-corrected chi connectivity index (χ2v) is 6.28. The molecule has 8 nitrogen and oxygen atoms in total. The summed E-state index contributed by atoms with van der Waals surface area (Å²) >= 11 is 6.17. The molecule has 0 radical (unpaired) electrons. The van der Waals surface area contributed by atoms with E-state index in [1.165, 1.54) is 11.0 Å². The Morgan fingerprint density at radius 1 is 1.52 bits per heavy atom. The lowest BCUT2D eigenvalue weighted by atomic mass is 10.1. The molecule has 1 N–H and O–H groups in total. The summed E-state index contributed by atoms with van der Waals surface area (Å²) in [5.74, 6) is -0.272. The van der Waals surface area contributed by atoms with Crippen LogP contribution >= 0.6 is 11.6 Å². The first-order valence-electron chi connectivity index (χ1n) is 8.20. The van der Waals surface area contributed by atoms with E-state index in [4.69, 9.17) is 21.1 Å². The van der Waals surface area contributed by atoms with E-state index in [1.54, 1.807) is 25.1 Å². The summed E-state index contributed by atoms with van der Waals surface area (Å²) in [5.41, 5.74) is 1.16. The minimum Gasteiger partial charge on any atom is -0.376 e. The summed E-state index contributed by atoms with van der Waals surface area (Å²) in [6, 6.07) is 5.14. The van der Waals surface area contributed by atoms with Gasteiger partial charge in [-0.25, -0.2) is 4.68 Å². The molecule has 2 unspecified atom stereocenters. The summed E-state index contributed by atoms with van der Waals surface area (Å²) in [4.78, 5) is 12.4. The Hall–Kier alpha value is -2.03. The van der Waals surface area contributed by atoms with Crippen LogP contribution in [-0.4, -0.2) is 51.5 Å². The smallest absolute Gasteiger partial charge is 0.253 e.